The lowest BCUT2D eigenvalue weighted by Gasteiger charge is -2.38. The molecule has 0 bridgehead atoms. The topological polar surface area (TPSA) is 125 Å². The highest BCUT2D eigenvalue weighted by molar-refractivity contribution is 7.89. The summed E-state index contributed by atoms with van der Waals surface area (Å²) < 4.78 is 43.1. The van der Waals surface area contributed by atoms with Gasteiger partial charge in [0, 0.05) is 63.6 Å². The lowest BCUT2D eigenvalue weighted by Crippen LogP contribution is -2.48. The summed E-state index contributed by atoms with van der Waals surface area (Å²) in [6.07, 6.45) is 3.90. The summed E-state index contributed by atoms with van der Waals surface area (Å²) in [7, 11) is 1.16. The number of rotatable bonds is 8. The molecule has 1 amide bonds. The van der Waals surface area contributed by atoms with E-state index in [9.17, 15) is 23.3 Å². The van der Waals surface area contributed by atoms with Crippen LogP contribution in [0.1, 0.15) is 61.6 Å². The average Bonchev–Trinajstić information content (AvgIpc) is 3.10. The number of methoxy groups -OCH3 is 2. The minimum Gasteiger partial charge on any atom is -0.496 e. The van der Waals surface area contributed by atoms with E-state index in [-0.39, 0.29) is 33.4 Å². The number of benzene rings is 2. The molecule has 1 atom stereocenters. The molecule has 3 aromatic rings. The molecule has 0 N–H and O–H groups in total. The van der Waals surface area contributed by atoms with E-state index in [0.29, 0.717) is 62.8 Å². The highest BCUT2D eigenvalue weighted by Crippen LogP contribution is 2.38. The van der Waals surface area contributed by atoms with Gasteiger partial charge in [-0.25, -0.2) is 8.42 Å². The molecule has 0 radical (unpaired) electrons. The van der Waals surface area contributed by atoms with E-state index in [2.05, 4.69) is 11.0 Å². The number of pyridine rings is 1. The van der Waals surface area contributed by atoms with Crippen LogP contribution in [-0.4, -0.2) is 79.9 Å². The molecule has 2 aromatic carbocycles. The van der Waals surface area contributed by atoms with E-state index in [4.69, 9.17) is 9.47 Å². The van der Waals surface area contributed by atoms with E-state index in [1.165, 1.54) is 0 Å². The lowest BCUT2D eigenvalue weighted by atomic mass is 9.91. The molecule has 1 saturated heterocycles. The highest BCUT2D eigenvalue weighted by Gasteiger charge is 2.36. The van der Waals surface area contributed by atoms with Gasteiger partial charge in [0.15, 0.2) is 0 Å². The minimum absolute atomic E-state index is 0.0346. The van der Waals surface area contributed by atoms with E-state index in [0.717, 1.165) is 33.4 Å². The van der Waals surface area contributed by atoms with Crippen molar-refractivity contribution in [2.45, 2.75) is 65.4 Å². The summed E-state index contributed by atoms with van der Waals surface area (Å²) in [5, 5.41) is 9.73. The summed E-state index contributed by atoms with van der Waals surface area (Å²) >= 11 is 0. The zero-order valence-corrected chi connectivity index (χ0v) is 32.0. The normalized spacial score (nSPS) is 17.5. The van der Waals surface area contributed by atoms with Gasteiger partial charge >= 0.3 is 0 Å². The number of piperazine rings is 1. The molecule has 0 aliphatic carbocycles. The van der Waals surface area contributed by atoms with Gasteiger partial charge in [0.25, 0.3) is 11.5 Å². The first-order valence-corrected chi connectivity index (χ1v) is 18.7. The molecule has 0 saturated carbocycles. The summed E-state index contributed by atoms with van der Waals surface area (Å²) in [5.74, 6) is 0.965. The third kappa shape index (κ3) is 7.47. The number of aryl methyl sites for hydroxylation is 1. The third-order valence-electron chi connectivity index (χ3n) is 10.1. The predicted molar refractivity (Wildman–Crippen MR) is 197 cm³/mol. The van der Waals surface area contributed by atoms with Crippen LogP contribution in [0.2, 0.25) is 0 Å². The number of sulfonamides is 1. The number of hydrogen-bond acceptors (Lipinski definition) is 8. The number of hydrogen-bond donors (Lipinski definition) is 0. The Morgan fingerprint density at radius 3 is 2.22 bits per heavy atom. The van der Waals surface area contributed by atoms with Crippen LogP contribution < -0.4 is 15.0 Å². The maximum atomic E-state index is 14.1. The van der Waals surface area contributed by atoms with Gasteiger partial charge in [0.2, 0.25) is 10.0 Å². The van der Waals surface area contributed by atoms with Crippen molar-refractivity contribution in [3.05, 3.63) is 86.3 Å². The smallest absolute Gasteiger partial charge is 0.264 e. The number of amides is 1. The Kier molecular flexibility index (Phi) is 10.9. The Morgan fingerprint density at radius 2 is 1.65 bits per heavy atom. The van der Waals surface area contributed by atoms with Crippen molar-refractivity contribution in [1.29, 1.82) is 5.26 Å². The van der Waals surface area contributed by atoms with Gasteiger partial charge in [-0.15, -0.1) is 0 Å². The fourth-order valence-electron chi connectivity index (χ4n) is 7.14. The summed E-state index contributed by atoms with van der Waals surface area (Å²) in [6.45, 7) is 13.9. The Morgan fingerprint density at radius 1 is 1.02 bits per heavy atom. The number of allylic oxidation sites excluding steroid dienone is 1. The van der Waals surface area contributed by atoms with E-state index in [1.54, 1.807) is 53.2 Å². The van der Waals surface area contributed by atoms with Gasteiger partial charge < -0.3 is 18.9 Å². The predicted octanol–water partition coefficient (Wildman–Crippen LogP) is 5.13. The summed E-state index contributed by atoms with van der Waals surface area (Å²) in [5.41, 5.74) is 5.47. The molecular formula is C39H49N5O6S. The number of carbonyl (C=O) groups is 1. The van der Waals surface area contributed by atoms with Gasteiger partial charge in [0.1, 0.15) is 23.1 Å². The molecule has 11 nitrogen and oxygen atoms in total. The molecular weight excluding hydrogens is 667 g/mol. The number of aromatic nitrogens is 1. The first kappa shape index (κ1) is 37.8. The van der Waals surface area contributed by atoms with Gasteiger partial charge in [0.05, 0.1) is 30.7 Å². The lowest BCUT2D eigenvalue weighted by molar-refractivity contribution is -0.129. The number of carbonyl (C=O) groups excluding carboxylic acids is 1. The fraction of sp³-hybridized carbons (Fsp3) is 0.462. The number of fused-ring (bicyclic) bond motifs is 1. The van der Waals surface area contributed by atoms with Crippen molar-refractivity contribution < 1.29 is 22.7 Å². The van der Waals surface area contributed by atoms with Crippen LogP contribution in [0.3, 0.4) is 0 Å². The molecule has 3 heterocycles. The highest BCUT2D eigenvalue weighted by atomic mass is 32.2. The maximum Gasteiger partial charge on any atom is 0.264 e. The van der Waals surface area contributed by atoms with Crippen LogP contribution in [-0.2, 0) is 34.8 Å². The molecule has 0 spiro atoms. The molecule has 5 rings (SSSR count). The second-order valence-corrected chi connectivity index (χ2v) is 16.4. The van der Waals surface area contributed by atoms with Crippen LogP contribution >= 0.6 is 0 Å². The zero-order valence-electron chi connectivity index (χ0n) is 31.2. The monoisotopic (exact) mass is 715 g/mol. The van der Waals surface area contributed by atoms with Crippen molar-refractivity contribution >= 4 is 15.9 Å². The molecule has 12 heteroatoms. The fourth-order valence-corrected chi connectivity index (χ4v) is 8.84. The Bertz CT molecular complexity index is 2060. The zero-order chi connectivity index (χ0) is 37.4. The number of nitriles is 1. The first-order valence-electron chi connectivity index (χ1n) is 17.2. The van der Waals surface area contributed by atoms with E-state index in [1.807, 2.05) is 65.9 Å². The second-order valence-electron chi connectivity index (χ2n) is 14.5. The van der Waals surface area contributed by atoms with Crippen molar-refractivity contribution in [2.24, 2.45) is 12.5 Å². The van der Waals surface area contributed by atoms with Gasteiger partial charge in [-0.2, -0.15) is 9.57 Å². The van der Waals surface area contributed by atoms with Crippen molar-refractivity contribution in [2.75, 3.05) is 46.9 Å². The largest absolute Gasteiger partial charge is 0.496 e. The molecule has 1 unspecified atom stereocenters. The second kappa shape index (κ2) is 14.7. The van der Waals surface area contributed by atoms with E-state index >= 15 is 0 Å². The van der Waals surface area contributed by atoms with Crippen molar-refractivity contribution in [3.63, 3.8) is 0 Å². The van der Waals surface area contributed by atoms with Gasteiger partial charge in [-0.3, -0.25) is 14.5 Å². The summed E-state index contributed by atoms with van der Waals surface area (Å²) in [6, 6.07) is 10.9. The first-order chi connectivity index (χ1) is 24.0. The van der Waals surface area contributed by atoms with Crippen molar-refractivity contribution in [1.82, 2.24) is 18.7 Å². The van der Waals surface area contributed by atoms with Gasteiger partial charge in [-0.05, 0) is 73.1 Å². The van der Waals surface area contributed by atoms with Crippen LogP contribution in [0.25, 0.3) is 11.1 Å². The standard InChI is InChI=1S/C39H49N5O6S/c1-25-26(2)37(45)41(7)23-32(25)28-19-34(49-8)33(35(20-28)50-9)24-42-15-17-43(18-16-42)51(47,48)36-12-10-11-30-27(3)44(14-13-31(30)36)38(46)29(22-40)21-39(4,5)6/h10-12,19-21,23,27H,13-18,24H2,1-9H3/b29-21-. The van der Waals surface area contributed by atoms with Gasteiger partial charge in [-0.1, -0.05) is 39.0 Å². The van der Waals surface area contributed by atoms with Crippen LogP contribution in [0, 0.1) is 30.6 Å². The minimum atomic E-state index is -3.82. The summed E-state index contributed by atoms with van der Waals surface area (Å²) in [4.78, 5) is 30.0. The van der Waals surface area contributed by atoms with Crippen molar-refractivity contribution in [3.8, 4) is 28.7 Å². The molecule has 2 aliphatic rings. The van der Waals surface area contributed by atoms with Crippen LogP contribution in [0.5, 0.6) is 11.5 Å². The number of nitrogens with zero attached hydrogens (tertiary/aromatic N) is 5. The van der Waals surface area contributed by atoms with Crippen LogP contribution in [0.15, 0.2) is 57.9 Å². The Hall–Kier alpha value is -4.44. The van der Waals surface area contributed by atoms with Crippen LogP contribution in [0.4, 0.5) is 0 Å². The number of ether oxygens (including phenoxy) is 2. The molecule has 51 heavy (non-hydrogen) atoms. The van der Waals surface area contributed by atoms with E-state index < -0.39 is 10.0 Å². The quantitative estimate of drug-likeness (QED) is 0.232. The average molecular weight is 716 g/mol. The molecule has 1 fully saturated rings. The molecule has 2 aliphatic heterocycles. The third-order valence-corrected chi connectivity index (χ3v) is 12.0. The SMILES string of the molecule is COc1cc(-c2cn(C)c(=O)c(C)c2C)cc(OC)c1CN1CCN(S(=O)(=O)c2cccc3c2CCN(C(=O)/C(C#N)=C\C(C)(C)C)C3C)CC1. The molecule has 1 aromatic heterocycles. The Balaban J connectivity index is 1.33. The molecule has 272 valence electrons. The maximum absolute atomic E-state index is 14.1. The Labute approximate surface area is 301 Å².